The number of nitrogens with two attached hydrogens (primary N) is 1. The predicted molar refractivity (Wildman–Crippen MR) is 86.5 cm³/mol. The summed E-state index contributed by atoms with van der Waals surface area (Å²) in [6.45, 7) is 6.05. The van der Waals surface area contributed by atoms with Gasteiger partial charge >= 0.3 is 0 Å². The Labute approximate surface area is 125 Å². The first-order chi connectivity index (χ1) is 10.0. The van der Waals surface area contributed by atoms with E-state index >= 15 is 0 Å². The van der Waals surface area contributed by atoms with Gasteiger partial charge < -0.3 is 11.1 Å². The number of carbonyl (C=O) groups is 1. The number of benzene rings is 1. The van der Waals surface area contributed by atoms with Gasteiger partial charge in [0, 0.05) is 16.9 Å². The van der Waals surface area contributed by atoms with Crippen LogP contribution >= 0.6 is 0 Å². The highest BCUT2D eigenvalue weighted by atomic mass is 16.1. The number of rotatable bonds is 4. The molecule has 4 heteroatoms. The zero-order valence-corrected chi connectivity index (χ0v) is 12.7. The normalized spacial score (nSPS) is 10.4. The summed E-state index contributed by atoms with van der Waals surface area (Å²) < 4.78 is 0. The van der Waals surface area contributed by atoms with Crippen LogP contribution in [0.25, 0.3) is 0 Å². The third kappa shape index (κ3) is 3.40. The van der Waals surface area contributed by atoms with E-state index in [2.05, 4.69) is 17.2 Å². The van der Waals surface area contributed by atoms with Gasteiger partial charge in [0.1, 0.15) is 5.82 Å². The second-order valence-corrected chi connectivity index (χ2v) is 5.04. The van der Waals surface area contributed by atoms with Crippen molar-refractivity contribution in [3.63, 3.8) is 0 Å². The van der Waals surface area contributed by atoms with Crippen molar-refractivity contribution in [2.45, 2.75) is 33.6 Å². The number of para-hydroxylation sites is 1. The molecule has 0 aliphatic rings. The van der Waals surface area contributed by atoms with Crippen LogP contribution in [0.5, 0.6) is 0 Å². The molecule has 0 radical (unpaired) electrons. The number of anilines is 2. The molecule has 2 rings (SSSR count). The van der Waals surface area contributed by atoms with E-state index in [1.54, 1.807) is 12.1 Å². The molecule has 110 valence electrons. The van der Waals surface area contributed by atoms with Crippen LogP contribution in [0, 0.1) is 6.92 Å². The smallest absolute Gasteiger partial charge is 0.255 e. The quantitative estimate of drug-likeness (QED) is 0.904. The van der Waals surface area contributed by atoms with Crippen molar-refractivity contribution in [2.24, 2.45) is 0 Å². The number of hydrogen-bond acceptors (Lipinski definition) is 3. The second-order valence-electron chi connectivity index (χ2n) is 5.04. The Bertz CT molecular complexity index is 665. The minimum Gasteiger partial charge on any atom is -0.384 e. The minimum atomic E-state index is -0.150. The van der Waals surface area contributed by atoms with Crippen LogP contribution < -0.4 is 11.1 Å². The molecule has 0 saturated heterocycles. The van der Waals surface area contributed by atoms with Gasteiger partial charge in [0.05, 0.1) is 0 Å². The zero-order chi connectivity index (χ0) is 15.4. The highest BCUT2D eigenvalue weighted by Crippen LogP contribution is 2.22. The first kappa shape index (κ1) is 15.0. The molecule has 0 aliphatic carbocycles. The maximum absolute atomic E-state index is 12.5. The van der Waals surface area contributed by atoms with E-state index in [-0.39, 0.29) is 5.91 Å². The molecule has 0 aliphatic heterocycles. The highest BCUT2D eigenvalue weighted by molar-refractivity contribution is 6.05. The van der Waals surface area contributed by atoms with Crippen LogP contribution in [0.1, 0.15) is 41.0 Å². The molecule has 1 amide bonds. The Morgan fingerprint density at radius 3 is 2.67 bits per heavy atom. The van der Waals surface area contributed by atoms with E-state index in [1.807, 2.05) is 32.0 Å². The first-order valence-corrected chi connectivity index (χ1v) is 7.21. The van der Waals surface area contributed by atoms with Crippen molar-refractivity contribution < 1.29 is 4.79 Å². The Morgan fingerprint density at radius 2 is 2.00 bits per heavy atom. The molecule has 0 bridgehead atoms. The lowest BCUT2D eigenvalue weighted by molar-refractivity contribution is 0.102. The molecular formula is C17H21N3O. The number of nitrogens with zero attached hydrogens (tertiary/aromatic N) is 1. The minimum absolute atomic E-state index is 0.150. The van der Waals surface area contributed by atoms with Crippen molar-refractivity contribution >= 4 is 17.4 Å². The number of aryl methyl sites for hydroxylation is 3. The summed E-state index contributed by atoms with van der Waals surface area (Å²) in [7, 11) is 0. The van der Waals surface area contributed by atoms with Crippen molar-refractivity contribution in [1.29, 1.82) is 0 Å². The van der Waals surface area contributed by atoms with Gasteiger partial charge in [-0.1, -0.05) is 32.0 Å². The van der Waals surface area contributed by atoms with Gasteiger partial charge in [-0.15, -0.1) is 0 Å². The second kappa shape index (κ2) is 6.39. The van der Waals surface area contributed by atoms with E-state index in [4.69, 9.17) is 5.73 Å². The summed E-state index contributed by atoms with van der Waals surface area (Å²) in [5, 5.41) is 3.00. The van der Waals surface area contributed by atoms with Crippen LogP contribution in [0.4, 0.5) is 11.5 Å². The molecule has 0 unspecified atom stereocenters. The Hall–Kier alpha value is -2.36. The number of nitrogen functional groups attached to an aromatic ring is 1. The van der Waals surface area contributed by atoms with Gasteiger partial charge in [-0.05, 0) is 43.0 Å². The van der Waals surface area contributed by atoms with Crippen LogP contribution in [0.2, 0.25) is 0 Å². The zero-order valence-electron chi connectivity index (χ0n) is 12.7. The number of pyridine rings is 1. The van der Waals surface area contributed by atoms with Crippen LogP contribution in [-0.4, -0.2) is 10.9 Å². The van der Waals surface area contributed by atoms with E-state index in [9.17, 15) is 4.79 Å². The SMILES string of the molecule is CCc1cc(C(=O)Nc2c(C)cccc2CC)cc(N)n1. The van der Waals surface area contributed by atoms with Crippen molar-refractivity contribution in [3.8, 4) is 0 Å². The average Bonchev–Trinajstić information content (AvgIpc) is 2.48. The fourth-order valence-electron chi connectivity index (χ4n) is 2.31. The van der Waals surface area contributed by atoms with E-state index < -0.39 is 0 Å². The van der Waals surface area contributed by atoms with Crippen molar-refractivity contribution in [1.82, 2.24) is 4.98 Å². The number of amides is 1. The molecule has 2 aromatic rings. The molecule has 1 aromatic carbocycles. The summed E-state index contributed by atoms with van der Waals surface area (Å²) in [5.41, 5.74) is 10.2. The van der Waals surface area contributed by atoms with Crippen molar-refractivity contribution in [3.05, 3.63) is 52.7 Å². The molecule has 0 atom stereocenters. The molecule has 0 fully saturated rings. The fraction of sp³-hybridized carbons (Fsp3) is 0.294. The molecule has 21 heavy (non-hydrogen) atoms. The first-order valence-electron chi connectivity index (χ1n) is 7.21. The molecule has 1 heterocycles. The van der Waals surface area contributed by atoms with E-state index in [0.717, 1.165) is 35.3 Å². The Balaban J connectivity index is 2.32. The molecule has 1 aromatic heterocycles. The van der Waals surface area contributed by atoms with E-state index in [0.29, 0.717) is 11.4 Å². The highest BCUT2D eigenvalue weighted by Gasteiger charge is 2.12. The Morgan fingerprint density at radius 1 is 1.24 bits per heavy atom. The lowest BCUT2D eigenvalue weighted by atomic mass is 10.1. The Kier molecular flexibility index (Phi) is 4.58. The third-order valence-electron chi connectivity index (χ3n) is 3.50. The number of nitrogens with one attached hydrogen (secondary N) is 1. The molecule has 3 N–H and O–H groups in total. The molecular weight excluding hydrogens is 262 g/mol. The van der Waals surface area contributed by atoms with Gasteiger partial charge in [0.25, 0.3) is 5.91 Å². The predicted octanol–water partition coefficient (Wildman–Crippen LogP) is 3.35. The average molecular weight is 283 g/mol. The fourth-order valence-corrected chi connectivity index (χ4v) is 2.31. The summed E-state index contributed by atoms with van der Waals surface area (Å²) in [6, 6.07) is 9.42. The van der Waals surface area contributed by atoms with Crippen molar-refractivity contribution in [2.75, 3.05) is 11.1 Å². The lowest BCUT2D eigenvalue weighted by Crippen LogP contribution is -2.15. The maximum atomic E-state index is 12.5. The number of carbonyl (C=O) groups excluding carboxylic acids is 1. The maximum Gasteiger partial charge on any atom is 0.255 e. The molecule has 0 spiro atoms. The van der Waals surface area contributed by atoms with Gasteiger partial charge in [-0.25, -0.2) is 4.98 Å². The molecule has 4 nitrogen and oxygen atoms in total. The van der Waals surface area contributed by atoms with E-state index in [1.165, 1.54) is 0 Å². The van der Waals surface area contributed by atoms with Gasteiger partial charge in [0.15, 0.2) is 0 Å². The summed E-state index contributed by atoms with van der Waals surface area (Å²) in [6.07, 6.45) is 1.62. The van der Waals surface area contributed by atoms with Gasteiger partial charge in [0.2, 0.25) is 0 Å². The topological polar surface area (TPSA) is 68.0 Å². The number of hydrogen-bond donors (Lipinski definition) is 2. The van der Waals surface area contributed by atoms with Gasteiger partial charge in [-0.2, -0.15) is 0 Å². The standard InChI is InChI=1S/C17H21N3O/c1-4-12-8-6-7-11(3)16(12)20-17(21)13-9-14(5-2)19-15(18)10-13/h6-10H,4-5H2,1-3H3,(H2,18,19)(H,20,21). The summed E-state index contributed by atoms with van der Waals surface area (Å²) >= 11 is 0. The van der Waals surface area contributed by atoms with Gasteiger partial charge in [-0.3, -0.25) is 4.79 Å². The van der Waals surface area contributed by atoms with Crippen LogP contribution in [0.15, 0.2) is 30.3 Å². The van der Waals surface area contributed by atoms with Crippen LogP contribution in [0.3, 0.4) is 0 Å². The van der Waals surface area contributed by atoms with Crippen LogP contribution in [-0.2, 0) is 12.8 Å². The number of aromatic nitrogens is 1. The summed E-state index contributed by atoms with van der Waals surface area (Å²) in [5.74, 6) is 0.225. The molecule has 0 saturated carbocycles. The summed E-state index contributed by atoms with van der Waals surface area (Å²) in [4.78, 5) is 16.7. The third-order valence-corrected chi connectivity index (χ3v) is 3.50. The largest absolute Gasteiger partial charge is 0.384 e. The monoisotopic (exact) mass is 283 g/mol. The lowest BCUT2D eigenvalue weighted by Gasteiger charge is -2.13.